The highest BCUT2D eigenvalue weighted by molar-refractivity contribution is 5.66. The lowest BCUT2D eigenvalue weighted by Gasteiger charge is -2.30. The third kappa shape index (κ3) is 2.87. The van der Waals surface area contributed by atoms with Crippen molar-refractivity contribution in [2.75, 3.05) is 4.90 Å². The van der Waals surface area contributed by atoms with Crippen LogP contribution in [-0.4, -0.2) is 6.04 Å². The zero-order valence-corrected chi connectivity index (χ0v) is 13.5. The Morgan fingerprint density at radius 3 is 1.35 bits per heavy atom. The second-order valence-electron chi connectivity index (χ2n) is 6.00. The van der Waals surface area contributed by atoms with Crippen molar-refractivity contribution >= 4 is 11.4 Å². The van der Waals surface area contributed by atoms with E-state index in [1.54, 1.807) is 0 Å². The number of benzene rings is 2. The predicted octanol–water partition coefficient (Wildman–Crippen LogP) is 5.47. The number of anilines is 2. The lowest BCUT2D eigenvalue weighted by Crippen LogP contribution is -2.25. The molecule has 0 N–H and O–H groups in total. The predicted molar refractivity (Wildman–Crippen MR) is 89.1 cm³/mol. The van der Waals surface area contributed by atoms with Crippen molar-refractivity contribution in [1.29, 1.82) is 0 Å². The quantitative estimate of drug-likeness (QED) is 0.713. The van der Waals surface area contributed by atoms with Gasteiger partial charge in [-0.25, -0.2) is 0 Å². The van der Waals surface area contributed by atoms with E-state index in [0.717, 1.165) is 0 Å². The van der Waals surface area contributed by atoms with Crippen LogP contribution >= 0.6 is 0 Å². The number of rotatable bonds is 3. The molecule has 0 aromatic heterocycles. The van der Waals surface area contributed by atoms with Crippen LogP contribution in [0.5, 0.6) is 0 Å². The Kier molecular flexibility index (Phi) is 4.17. The van der Waals surface area contributed by atoms with E-state index >= 15 is 0 Å². The second-order valence-corrected chi connectivity index (χ2v) is 6.00. The molecule has 0 fully saturated rings. The van der Waals surface area contributed by atoms with Crippen LogP contribution in [0.4, 0.5) is 11.4 Å². The fraction of sp³-hybridized carbons (Fsp3) is 0.368. The van der Waals surface area contributed by atoms with Crippen LogP contribution in [0.2, 0.25) is 0 Å². The van der Waals surface area contributed by atoms with Gasteiger partial charge in [0.15, 0.2) is 0 Å². The van der Waals surface area contributed by atoms with Crippen molar-refractivity contribution in [3.8, 4) is 0 Å². The van der Waals surface area contributed by atoms with Gasteiger partial charge >= 0.3 is 0 Å². The molecule has 0 aliphatic rings. The minimum absolute atomic E-state index is 0.430. The van der Waals surface area contributed by atoms with Crippen LogP contribution in [0.15, 0.2) is 36.4 Å². The molecule has 0 aliphatic heterocycles. The molecule has 0 atom stereocenters. The summed E-state index contributed by atoms with van der Waals surface area (Å²) in [5.74, 6) is 0. The van der Waals surface area contributed by atoms with Gasteiger partial charge in [0.1, 0.15) is 0 Å². The summed E-state index contributed by atoms with van der Waals surface area (Å²) < 4.78 is 0. The lowest BCUT2D eigenvalue weighted by atomic mass is 10.1. The molecule has 0 aliphatic carbocycles. The van der Waals surface area contributed by atoms with E-state index in [1.165, 1.54) is 33.6 Å². The van der Waals surface area contributed by atoms with Gasteiger partial charge in [-0.3, -0.25) is 0 Å². The minimum Gasteiger partial charge on any atom is -0.339 e. The highest BCUT2D eigenvalue weighted by Gasteiger charge is 2.14. The maximum absolute atomic E-state index is 2.40. The van der Waals surface area contributed by atoms with Crippen LogP contribution in [0, 0.1) is 27.7 Å². The van der Waals surface area contributed by atoms with Crippen molar-refractivity contribution in [3.05, 3.63) is 58.7 Å². The fourth-order valence-corrected chi connectivity index (χ4v) is 2.50. The largest absolute Gasteiger partial charge is 0.339 e. The zero-order valence-electron chi connectivity index (χ0n) is 13.5. The van der Waals surface area contributed by atoms with Gasteiger partial charge in [-0.1, -0.05) is 12.1 Å². The molecule has 2 rings (SSSR count). The third-order valence-corrected chi connectivity index (χ3v) is 4.05. The molecule has 0 heterocycles. The smallest absolute Gasteiger partial charge is 0.0416 e. The molecule has 0 saturated heterocycles. The highest BCUT2D eigenvalue weighted by Crippen LogP contribution is 2.30. The van der Waals surface area contributed by atoms with Crippen LogP contribution < -0.4 is 4.90 Å². The Morgan fingerprint density at radius 1 is 0.650 bits per heavy atom. The SMILES string of the molecule is Cc1ccc(N(c2ccc(C)c(C)c2)C(C)C)cc1C. The first kappa shape index (κ1) is 14.6. The van der Waals surface area contributed by atoms with Gasteiger partial charge in [0, 0.05) is 17.4 Å². The van der Waals surface area contributed by atoms with Gasteiger partial charge in [0.25, 0.3) is 0 Å². The van der Waals surface area contributed by atoms with Crippen molar-refractivity contribution in [2.24, 2.45) is 0 Å². The first-order valence-electron chi connectivity index (χ1n) is 7.34. The van der Waals surface area contributed by atoms with Crippen molar-refractivity contribution in [3.63, 3.8) is 0 Å². The monoisotopic (exact) mass is 267 g/mol. The Hall–Kier alpha value is -1.76. The number of aryl methyl sites for hydroxylation is 4. The van der Waals surface area contributed by atoms with E-state index in [1.807, 2.05) is 0 Å². The van der Waals surface area contributed by atoms with Gasteiger partial charge < -0.3 is 4.90 Å². The van der Waals surface area contributed by atoms with Crippen molar-refractivity contribution in [2.45, 2.75) is 47.6 Å². The van der Waals surface area contributed by atoms with Gasteiger partial charge in [-0.2, -0.15) is 0 Å². The van der Waals surface area contributed by atoms with E-state index < -0.39 is 0 Å². The average molecular weight is 267 g/mol. The summed E-state index contributed by atoms with van der Waals surface area (Å²) in [4.78, 5) is 2.40. The van der Waals surface area contributed by atoms with Crippen LogP contribution in [0.3, 0.4) is 0 Å². The molecule has 2 aromatic rings. The first-order valence-corrected chi connectivity index (χ1v) is 7.34. The highest BCUT2D eigenvalue weighted by atomic mass is 15.2. The maximum Gasteiger partial charge on any atom is 0.0416 e. The normalized spacial score (nSPS) is 10.9. The minimum atomic E-state index is 0.430. The topological polar surface area (TPSA) is 3.24 Å². The van der Waals surface area contributed by atoms with E-state index in [0.29, 0.717) is 6.04 Å². The Labute approximate surface area is 123 Å². The molecule has 0 saturated carbocycles. The van der Waals surface area contributed by atoms with Crippen molar-refractivity contribution < 1.29 is 0 Å². The Balaban J connectivity index is 2.50. The zero-order chi connectivity index (χ0) is 14.9. The molecule has 1 nitrogen and oxygen atoms in total. The number of nitrogens with zero attached hydrogens (tertiary/aromatic N) is 1. The number of hydrogen-bond donors (Lipinski definition) is 0. The fourth-order valence-electron chi connectivity index (χ4n) is 2.50. The summed E-state index contributed by atoms with van der Waals surface area (Å²) in [6.07, 6.45) is 0. The molecule has 0 bridgehead atoms. The summed E-state index contributed by atoms with van der Waals surface area (Å²) in [7, 11) is 0. The second kappa shape index (κ2) is 5.70. The molecule has 106 valence electrons. The molecule has 0 unspecified atom stereocenters. The van der Waals surface area contributed by atoms with E-state index in [4.69, 9.17) is 0 Å². The molecule has 2 aromatic carbocycles. The van der Waals surface area contributed by atoms with Crippen LogP contribution in [-0.2, 0) is 0 Å². The van der Waals surface area contributed by atoms with E-state index in [2.05, 4.69) is 82.8 Å². The Morgan fingerprint density at radius 2 is 1.05 bits per heavy atom. The first-order chi connectivity index (χ1) is 9.40. The molecule has 0 spiro atoms. The lowest BCUT2D eigenvalue weighted by molar-refractivity contribution is 0.788. The summed E-state index contributed by atoms with van der Waals surface area (Å²) in [6, 6.07) is 13.9. The van der Waals surface area contributed by atoms with Crippen LogP contribution in [0.25, 0.3) is 0 Å². The third-order valence-electron chi connectivity index (χ3n) is 4.05. The van der Waals surface area contributed by atoms with Gasteiger partial charge in [-0.15, -0.1) is 0 Å². The maximum atomic E-state index is 2.40. The van der Waals surface area contributed by atoms with Gasteiger partial charge in [-0.05, 0) is 88.1 Å². The van der Waals surface area contributed by atoms with Gasteiger partial charge in [0.05, 0.1) is 0 Å². The summed E-state index contributed by atoms with van der Waals surface area (Å²) in [6.45, 7) is 13.2. The average Bonchev–Trinajstić information content (AvgIpc) is 2.38. The molecule has 20 heavy (non-hydrogen) atoms. The molecule has 0 radical (unpaired) electrons. The van der Waals surface area contributed by atoms with E-state index in [9.17, 15) is 0 Å². The molecular weight excluding hydrogens is 242 g/mol. The van der Waals surface area contributed by atoms with Gasteiger partial charge in [0.2, 0.25) is 0 Å². The molecule has 1 heteroatoms. The summed E-state index contributed by atoms with van der Waals surface area (Å²) in [5, 5.41) is 0. The van der Waals surface area contributed by atoms with E-state index in [-0.39, 0.29) is 0 Å². The molecular formula is C19H25N. The summed E-state index contributed by atoms with van der Waals surface area (Å²) in [5.41, 5.74) is 7.92. The van der Waals surface area contributed by atoms with Crippen molar-refractivity contribution in [1.82, 2.24) is 0 Å². The van der Waals surface area contributed by atoms with Crippen LogP contribution in [0.1, 0.15) is 36.1 Å². The Bertz CT molecular complexity index is 560. The molecule has 0 amide bonds. The standard InChI is InChI=1S/C19H25N/c1-13(2)20(18-9-7-14(3)16(5)11-18)19-10-8-15(4)17(6)12-19/h7-13H,1-6H3. The number of hydrogen-bond acceptors (Lipinski definition) is 1. The summed E-state index contributed by atoms with van der Waals surface area (Å²) >= 11 is 0.